The lowest BCUT2D eigenvalue weighted by molar-refractivity contribution is -0.135. The van der Waals surface area contributed by atoms with Crippen LogP contribution in [0.4, 0.5) is 17.6 Å². The maximum absolute atomic E-state index is 14.8. The average Bonchev–Trinajstić information content (AvgIpc) is 3.47. The van der Waals surface area contributed by atoms with Gasteiger partial charge in [-0.15, -0.1) is 0 Å². The molecule has 2 aromatic rings. The van der Waals surface area contributed by atoms with Crippen LogP contribution in [0.25, 0.3) is 11.3 Å². The van der Waals surface area contributed by atoms with E-state index in [1.165, 1.54) is 24.3 Å². The molecule has 0 spiro atoms. The second-order valence-corrected chi connectivity index (χ2v) is 7.74. The first-order valence-electron chi connectivity index (χ1n) is 9.38. The second-order valence-electron chi connectivity index (χ2n) is 7.30. The van der Waals surface area contributed by atoms with Crippen molar-refractivity contribution in [1.29, 1.82) is 5.26 Å². The number of carbonyl (C=O) groups excluding carboxylic acids is 1. The van der Waals surface area contributed by atoms with Crippen LogP contribution in [0.15, 0.2) is 29.1 Å². The first kappa shape index (κ1) is 22.7. The van der Waals surface area contributed by atoms with E-state index < -0.39 is 48.4 Å². The van der Waals surface area contributed by atoms with Gasteiger partial charge in [0.05, 0.1) is 6.07 Å². The van der Waals surface area contributed by atoms with E-state index in [1.54, 1.807) is 0 Å². The Kier molecular flexibility index (Phi) is 6.36. The molecule has 6 nitrogen and oxygen atoms in total. The molecule has 0 radical (unpaired) electrons. The number of hydrogen-bond acceptors (Lipinski definition) is 4. The molecule has 11 heteroatoms. The summed E-state index contributed by atoms with van der Waals surface area (Å²) in [5, 5.41) is 11.9. The summed E-state index contributed by atoms with van der Waals surface area (Å²) >= 11 is 5.81. The van der Waals surface area contributed by atoms with Crippen LogP contribution in [0.2, 0.25) is 5.02 Å². The Balaban J connectivity index is 1.96. The van der Waals surface area contributed by atoms with Crippen LogP contribution < -0.4 is 10.9 Å². The lowest BCUT2D eigenvalue weighted by Crippen LogP contribution is -2.41. The maximum atomic E-state index is 14.8. The summed E-state index contributed by atoms with van der Waals surface area (Å²) in [7, 11) is 0. The molecule has 0 unspecified atom stereocenters. The van der Waals surface area contributed by atoms with Crippen molar-refractivity contribution in [2.75, 3.05) is 0 Å². The molecule has 0 bridgehead atoms. The highest BCUT2D eigenvalue weighted by molar-refractivity contribution is 6.30. The Morgan fingerprint density at radius 1 is 1.29 bits per heavy atom. The van der Waals surface area contributed by atoms with Gasteiger partial charge in [0, 0.05) is 23.4 Å². The molecule has 1 N–H and O–H groups in total. The fraction of sp³-hybridized carbons (Fsp3) is 0.400. The van der Waals surface area contributed by atoms with Crippen molar-refractivity contribution in [3.8, 4) is 17.3 Å². The fourth-order valence-electron chi connectivity index (χ4n) is 3.02. The topological polar surface area (TPSA) is 87.8 Å². The minimum absolute atomic E-state index is 0.155. The monoisotopic (exact) mass is 456 g/mol. The molecule has 1 aromatic carbocycles. The Labute approximate surface area is 179 Å². The normalized spacial score (nSPS) is 14.7. The second kappa shape index (κ2) is 8.67. The predicted molar refractivity (Wildman–Crippen MR) is 104 cm³/mol. The summed E-state index contributed by atoms with van der Waals surface area (Å²) in [4.78, 5) is 29.0. The van der Waals surface area contributed by atoms with E-state index in [0.717, 1.165) is 0 Å². The Bertz CT molecular complexity index is 1090. The summed E-state index contributed by atoms with van der Waals surface area (Å²) < 4.78 is 53.2. The minimum Gasteiger partial charge on any atom is -0.336 e. The molecule has 31 heavy (non-hydrogen) atoms. The number of aryl methyl sites for hydroxylation is 1. The largest absolute Gasteiger partial charge is 0.389 e. The maximum Gasteiger partial charge on any atom is 0.389 e. The molecule has 1 heterocycles. The molecule has 1 fully saturated rings. The van der Waals surface area contributed by atoms with Crippen molar-refractivity contribution in [3.63, 3.8) is 0 Å². The van der Waals surface area contributed by atoms with Gasteiger partial charge in [0.15, 0.2) is 0 Å². The van der Waals surface area contributed by atoms with Crippen molar-refractivity contribution in [1.82, 2.24) is 14.9 Å². The van der Waals surface area contributed by atoms with Gasteiger partial charge in [0.1, 0.15) is 23.6 Å². The van der Waals surface area contributed by atoms with Crippen LogP contribution in [0.5, 0.6) is 0 Å². The molecule has 3 rings (SSSR count). The number of carbonyl (C=O) groups is 1. The van der Waals surface area contributed by atoms with E-state index in [0.29, 0.717) is 22.4 Å². The Morgan fingerprint density at radius 3 is 2.48 bits per heavy atom. The smallest absolute Gasteiger partial charge is 0.336 e. The van der Waals surface area contributed by atoms with E-state index in [4.69, 9.17) is 16.9 Å². The zero-order valence-electron chi connectivity index (χ0n) is 16.1. The molecule has 1 amide bonds. The molecule has 164 valence electrons. The van der Waals surface area contributed by atoms with Gasteiger partial charge in [-0.3, -0.25) is 14.2 Å². The van der Waals surface area contributed by atoms with Crippen LogP contribution in [0.1, 0.15) is 31.5 Å². The van der Waals surface area contributed by atoms with Gasteiger partial charge in [-0.25, -0.2) is 4.98 Å². The highest BCUT2D eigenvalue weighted by Crippen LogP contribution is 2.34. The van der Waals surface area contributed by atoms with Crippen molar-refractivity contribution < 1.29 is 22.4 Å². The number of halogens is 5. The number of nitriles is 1. The van der Waals surface area contributed by atoms with Crippen LogP contribution in [0.3, 0.4) is 0 Å². The fourth-order valence-corrected chi connectivity index (χ4v) is 3.14. The minimum atomic E-state index is -4.41. The van der Waals surface area contributed by atoms with Gasteiger partial charge >= 0.3 is 6.18 Å². The van der Waals surface area contributed by atoms with Crippen LogP contribution in [-0.4, -0.2) is 27.2 Å². The van der Waals surface area contributed by atoms with Gasteiger partial charge in [-0.1, -0.05) is 23.7 Å². The zero-order chi connectivity index (χ0) is 22.8. The van der Waals surface area contributed by atoms with E-state index in [-0.39, 0.29) is 23.5 Å². The van der Waals surface area contributed by atoms with E-state index in [2.05, 4.69) is 10.3 Å². The molecule has 1 aliphatic rings. The molecule has 0 atom stereocenters. The van der Waals surface area contributed by atoms with Crippen LogP contribution in [-0.2, 0) is 17.8 Å². The zero-order valence-corrected chi connectivity index (χ0v) is 16.9. The predicted octanol–water partition coefficient (Wildman–Crippen LogP) is 3.76. The Morgan fingerprint density at radius 2 is 1.94 bits per heavy atom. The standard InChI is InChI=1S/C20H17ClF4N4O2/c21-13-5-3-12(4-6-13)17-16(22)18(31)29(10-15(30)28-19(11-26)8-9-19)14(27-17)2-1-7-20(23,24)25/h3-6H,1-2,7-10H2,(H,28,30). The summed E-state index contributed by atoms with van der Waals surface area (Å²) in [6.45, 7) is -0.658. The van der Waals surface area contributed by atoms with Crippen molar-refractivity contribution in [2.24, 2.45) is 0 Å². The summed E-state index contributed by atoms with van der Waals surface area (Å²) in [5.74, 6) is -2.12. The van der Waals surface area contributed by atoms with Gasteiger partial charge in [-0.2, -0.15) is 22.8 Å². The number of amides is 1. The lowest BCUT2D eigenvalue weighted by atomic mass is 10.1. The van der Waals surface area contributed by atoms with Gasteiger partial charge in [-0.05, 0) is 31.4 Å². The van der Waals surface area contributed by atoms with Gasteiger partial charge in [0.2, 0.25) is 11.7 Å². The van der Waals surface area contributed by atoms with Gasteiger partial charge < -0.3 is 5.32 Å². The van der Waals surface area contributed by atoms with E-state index >= 15 is 0 Å². The van der Waals surface area contributed by atoms with E-state index in [1.807, 2.05) is 6.07 Å². The first-order chi connectivity index (χ1) is 14.5. The number of hydrogen-bond donors (Lipinski definition) is 1. The third kappa shape index (κ3) is 5.61. The van der Waals surface area contributed by atoms with Crippen LogP contribution >= 0.6 is 11.6 Å². The Hall–Kier alpha value is -2.93. The molecule has 1 aromatic heterocycles. The third-order valence-electron chi connectivity index (χ3n) is 4.82. The SMILES string of the molecule is N#CC1(NC(=O)Cn2c(CCCC(F)(F)F)nc(-c3ccc(Cl)cc3)c(F)c2=O)CC1. The quantitative estimate of drug-likeness (QED) is 0.643. The molecule has 0 saturated heterocycles. The third-order valence-corrected chi connectivity index (χ3v) is 5.07. The number of aromatic nitrogens is 2. The van der Waals surface area contributed by atoms with Crippen LogP contribution in [0, 0.1) is 17.1 Å². The number of benzene rings is 1. The van der Waals surface area contributed by atoms with Gasteiger partial charge in [0.25, 0.3) is 5.56 Å². The highest BCUT2D eigenvalue weighted by Gasteiger charge is 2.44. The van der Waals surface area contributed by atoms with E-state index in [9.17, 15) is 27.2 Å². The molecular weight excluding hydrogens is 440 g/mol. The number of nitrogens with zero attached hydrogens (tertiary/aromatic N) is 3. The summed E-state index contributed by atoms with van der Waals surface area (Å²) in [6.07, 6.45) is -5.33. The number of nitrogens with one attached hydrogen (secondary N) is 1. The summed E-state index contributed by atoms with van der Waals surface area (Å²) in [6, 6.07) is 7.71. The van der Waals surface area contributed by atoms with Crippen molar-refractivity contribution >= 4 is 17.5 Å². The average molecular weight is 457 g/mol. The number of rotatable bonds is 7. The lowest BCUT2D eigenvalue weighted by Gasteiger charge is -2.16. The summed E-state index contributed by atoms with van der Waals surface area (Å²) in [5.41, 5.74) is -2.31. The first-order valence-corrected chi connectivity index (χ1v) is 9.75. The van der Waals surface area contributed by atoms with Crippen molar-refractivity contribution in [3.05, 3.63) is 51.3 Å². The number of alkyl halides is 3. The molecule has 1 saturated carbocycles. The molecular formula is C20H17ClF4N4O2. The van der Waals surface area contributed by atoms with Crippen molar-refractivity contribution in [2.45, 2.75) is 50.4 Å². The highest BCUT2D eigenvalue weighted by atomic mass is 35.5. The molecule has 0 aliphatic heterocycles. The molecule has 1 aliphatic carbocycles.